The summed E-state index contributed by atoms with van der Waals surface area (Å²) >= 11 is 0. The van der Waals surface area contributed by atoms with E-state index in [9.17, 15) is 13.5 Å². The van der Waals surface area contributed by atoms with Gasteiger partial charge in [-0.15, -0.1) is 0 Å². The fourth-order valence-electron chi connectivity index (χ4n) is 3.19. The summed E-state index contributed by atoms with van der Waals surface area (Å²) < 4.78 is 42.3. The van der Waals surface area contributed by atoms with Crippen LogP contribution in [0.25, 0.3) is 11.4 Å². The average molecular weight is 491 g/mol. The number of aromatic nitrogens is 3. The van der Waals surface area contributed by atoms with Crippen molar-refractivity contribution in [3.05, 3.63) is 78.5 Å². The molecule has 4 aromatic rings. The first-order chi connectivity index (χ1) is 17.0. The van der Waals surface area contributed by atoms with Crippen molar-refractivity contribution in [3.8, 4) is 28.7 Å². The number of benzene rings is 2. The predicted octanol–water partition coefficient (Wildman–Crippen LogP) is 2.98. The number of nitrogens with zero attached hydrogens (tertiary/aromatic N) is 3. The van der Waals surface area contributed by atoms with Gasteiger partial charge in [-0.05, 0) is 0 Å². The first-order valence-corrected chi connectivity index (χ1v) is 12.1. The zero-order valence-electron chi connectivity index (χ0n) is 18.7. The number of hydrogen-bond acceptors (Lipinski definition) is 8. The molecule has 0 aliphatic heterocycles. The Morgan fingerprint density at radius 1 is 0.971 bits per heavy atom. The van der Waals surface area contributed by atoms with E-state index in [0.29, 0.717) is 22.8 Å². The molecule has 0 spiro atoms. The van der Waals surface area contributed by atoms with Crippen LogP contribution in [0, 0.1) is 0 Å². The molecule has 0 aliphatic carbocycles. The summed E-state index contributed by atoms with van der Waals surface area (Å²) in [5, 5.41) is 9.68. The maximum absolute atomic E-state index is 13.0. The van der Waals surface area contributed by atoms with Crippen LogP contribution in [0.1, 0.15) is 5.69 Å². The number of ether oxygens (including phenoxy) is 2. The number of rotatable bonds is 10. The van der Waals surface area contributed by atoms with Crippen molar-refractivity contribution in [2.24, 2.45) is 0 Å². The van der Waals surface area contributed by atoms with E-state index in [-0.39, 0.29) is 36.1 Å². The molecule has 0 saturated heterocycles. The van der Waals surface area contributed by atoms with Crippen LogP contribution in [0.2, 0.25) is 0 Å². The first-order valence-electron chi connectivity index (χ1n) is 10.6. The van der Waals surface area contributed by atoms with E-state index in [1.54, 1.807) is 79.7 Å². The zero-order valence-corrected chi connectivity index (χ0v) is 19.6. The summed E-state index contributed by atoms with van der Waals surface area (Å²) in [6, 6.07) is 17.0. The van der Waals surface area contributed by atoms with Crippen LogP contribution >= 0.6 is 0 Å². The Balaban J connectivity index is 1.82. The van der Waals surface area contributed by atoms with Crippen LogP contribution in [0.15, 0.2) is 72.8 Å². The monoisotopic (exact) mass is 491 g/mol. The van der Waals surface area contributed by atoms with Gasteiger partial charge in [0.05, 0.1) is 0 Å². The fraction of sp³-hybridized carbons (Fsp3) is 0.130. The molecule has 0 bridgehead atoms. The SMILES string of the molecule is COc1ccccc1Oc1c(CCO)nc(-c2bcccn2)nc1NS(=O)(=O)Nc1ccccc1. The standard InChI is InChI=1S/C23H22BN5O5S/c1-33-18-10-5-6-11-19(18)34-20-17(12-15-30)26-23(21-24-13-7-14-25-21)27-22(20)29-35(31,32)28-16-8-3-2-4-9-16/h2-11,13-14,28,30H,12,15H2,1H3,(H,26,27,29). The van der Waals surface area contributed by atoms with Crippen LogP contribution in [-0.2, 0) is 16.6 Å². The number of aliphatic hydroxyl groups excluding tert-OH is 1. The van der Waals surface area contributed by atoms with Crippen molar-refractivity contribution in [1.82, 2.24) is 15.0 Å². The molecule has 12 heteroatoms. The Bertz CT molecular complexity index is 1390. The van der Waals surface area contributed by atoms with Crippen molar-refractivity contribution in [1.29, 1.82) is 0 Å². The Morgan fingerprint density at radius 3 is 2.40 bits per heavy atom. The van der Waals surface area contributed by atoms with Gasteiger partial charge >= 0.3 is 203 Å². The van der Waals surface area contributed by atoms with Crippen molar-refractivity contribution in [2.75, 3.05) is 23.2 Å². The molecule has 0 fully saturated rings. The van der Waals surface area contributed by atoms with Gasteiger partial charge in [0, 0.05) is 0 Å². The van der Waals surface area contributed by atoms with Gasteiger partial charge in [-0.2, -0.15) is 0 Å². The van der Waals surface area contributed by atoms with Gasteiger partial charge < -0.3 is 0 Å². The van der Waals surface area contributed by atoms with Crippen molar-refractivity contribution >= 4 is 28.6 Å². The normalized spacial score (nSPS) is 10.9. The van der Waals surface area contributed by atoms with E-state index in [1.807, 2.05) is 0 Å². The van der Waals surface area contributed by atoms with Crippen LogP contribution in [0.4, 0.5) is 11.5 Å². The van der Waals surface area contributed by atoms with Crippen LogP contribution < -0.4 is 18.9 Å². The molecule has 0 atom stereocenters. The maximum atomic E-state index is 13.0. The minimum absolute atomic E-state index is 0.0293. The molecule has 0 aliphatic rings. The molecular formula is C23H22BN5O5S. The molecular weight excluding hydrogens is 469 g/mol. The average Bonchev–Trinajstić information content (AvgIpc) is 2.87. The summed E-state index contributed by atoms with van der Waals surface area (Å²) in [7, 11) is -2.64. The number of aliphatic hydroxyl groups is 1. The second kappa shape index (κ2) is 10.9. The Kier molecular flexibility index (Phi) is 7.53. The van der Waals surface area contributed by atoms with Gasteiger partial charge in [0.2, 0.25) is 0 Å². The van der Waals surface area contributed by atoms with Crippen LogP contribution in [0.5, 0.6) is 17.2 Å². The van der Waals surface area contributed by atoms with Gasteiger partial charge in [0.15, 0.2) is 0 Å². The van der Waals surface area contributed by atoms with Gasteiger partial charge in [-0.1, -0.05) is 0 Å². The Morgan fingerprint density at radius 2 is 1.71 bits per heavy atom. The van der Waals surface area contributed by atoms with Gasteiger partial charge in [-0.3, -0.25) is 0 Å². The summed E-state index contributed by atoms with van der Waals surface area (Å²) in [5.41, 5.74) is 1.07. The number of hydrogen-bond donors (Lipinski definition) is 3. The van der Waals surface area contributed by atoms with E-state index >= 15 is 0 Å². The molecule has 35 heavy (non-hydrogen) atoms. The van der Waals surface area contributed by atoms with Gasteiger partial charge in [0.25, 0.3) is 0 Å². The van der Waals surface area contributed by atoms with Gasteiger partial charge in [-0.25, -0.2) is 0 Å². The summed E-state index contributed by atoms with van der Waals surface area (Å²) in [5.74, 6) is 2.57. The Hall–Kier alpha value is -4.03. The molecule has 0 amide bonds. The second-order valence-electron chi connectivity index (χ2n) is 7.19. The molecule has 2 aromatic carbocycles. The summed E-state index contributed by atoms with van der Waals surface area (Å²) in [6.45, 7) is 1.44. The molecule has 2 aromatic heterocycles. The molecule has 10 nitrogen and oxygen atoms in total. The molecule has 0 saturated carbocycles. The van der Waals surface area contributed by atoms with Crippen LogP contribution in [0.3, 0.4) is 0 Å². The van der Waals surface area contributed by atoms with E-state index < -0.39 is 10.2 Å². The number of anilines is 2. The molecule has 0 radical (unpaired) electrons. The molecule has 3 N–H and O–H groups in total. The van der Waals surface area contributed by atoms with E-state index in [1.165, 1.54) is 7.11 Å². The molecule has 0 unspecified atom stereocenters. The third-order valence-electron chi connectivity index (χ3n) is 4.72. The van der Waals surface area contributed by atoms with Gasteiger partial charge in [0.1, 0.15) is 0 Å². The minimum atomic E-state index is -4.13. The topological polar surface area (TPSA) is 136 Å². The third-order valence-corrected chi connectivity index (χ3v) is 5.68. The van der Waals surface area contributed by atoms with E-state index in [4.69, 9.17) is 9.47 Å². The molecule has 4 rings (SSSR count). The fourth-order valence-corrected chi connectivity index (χ4v) is 4.08. The number of para-hydroxylation sites is 3. The number of methoxy groups -OCH3 is 1. The third kappa shape index (κ3) is 6.11. The summed E-state index contributed by atoms with van der Waals surface area (Å²) in [6.07, 6.45) is 1.65. The van der Waals surface area contributed by atoms with Crippen molar-refractivity contribution in [3.63, 3.8) is 0 Å². The quantitative estimate of drug-likeness (QED) is 0.308. The summed E-state index contributed by atoms with van der Waals surface area (Å²) in [4.78, 5) is 13.2. The van der Waals surface area contributed by atoms with E-state index in [0.717, 1.165) is 0 Å². The molecule has 2 heterocycles. The van der Waals surface area contributed by atoms with Crippen LogP contribution in [-0.4, -0.2) is 49.1 Å². The zero-order chi connectivity index (χ0) is 24.7. The van der Waals surface area contributed by atoms with Crippen molar-refractivity contribution in [2.45, 2.75) is 6.42 Å². The number of nitrogens with one attached hydrogen (secondary N) is 2. The second-order valence-corrected chi connectivity index (χ2v) is 8.60. The first kappa shape index (κ1) is 24.1. The van der Waals surface area contributed by atoms with Crippen molar-refractivity contribution < 1.29 is 23.0 Å². The Labute approximate surface area is 203 Å². The van der Waals surface area contributed by atoms with E-state index in [2.05, 4.69) is 24.4 Å². The predicted molar refractivity (Wildman–Crippen MR) is 133 cm³/mol. The molecule has 178 valence electrons.